The zero-order valence-corrected chi connectivity index (χ0v) is 13.8. The van der Waals surface area contributed by atoms with E-state index in [9.17, 15) is 5.11 Å². The fraction of sp³-hybridized carbons (Fsp3) is 0.857. The smallest absolute Gasteiger partial charge is 0.191 e. The number of aliphatic hydroxyl groups is 1. The summed E-state index contributed by atoms with van der Waals surface area (Å²) in [6.07, 6.45) is 2.49. The van der Waals surface area contributed by atoms with E-state index < -0.39 is 14.4 Å². The Bertz CT molecular complexity index is 246. The molecule has 0 radical (unpaired) electrons. The van der Waals surface area contributed by atoms with Crippen molar-refractivity contribution in [1.82, 2.24) is 0 Å². The summed E-state index contributed by atoms with van der Waals surface area (Å²) in [6.45, 7) is 15.4. The van der Waals surface area contributed by atoms with Gasteiger partial charge in [-0.2, -0.15) is 0 Å². The second-order valence-electron chi connectivity index (χ2n) is 6.30. The third kappa shape index (κ3) is 6.14. The van der Waals surface area contributed by atoms with Gasteiger partial charge in [-0.25, -0.2) is 0 Å². The van der Waals surface area contributed by atoms with Crippen molar-refractivity contribution in [2.45, 2.75) is 64.0 Å². The number of aliphatic hydroxyl groups excluding tert-OH is 1. The summed E-state index contributed by atoms with van der Waals surface area (Å²) in [5.74, 6) is 0. The highest BCUT2D eigenvalue weighted by atomic mass is 28.4. The summed E-state index contributed by atoms with van der Waals surface area (Å²) in [7, 11) is -0.0607. The zero-order chi connectivity index (χ0) is 14.4. The first-order valence-corrected chi connectivity index (χ1v) is 9.52. The van der Waals surface area contributed by atoms with Crippen molar-refractivity contribution in [3.63, 3.8) is 0 Å². The van der Waals surface area contributed by atoms with Crippen LogP contribution >= 0.6 is 0 Å². The van der Waals surface area contributed by atoms with Gasteiger partial charge in [0.25, 0.3) is 0 Å². The molecule has 108 valence electrons. The van der Waals surface area contributed by atoms with Crippen LogP contribution in [0.15, 0.2) is 12.7 Å². The van der Waals surface area contributed by atoms with Crippen molar-refractivity contribution in [2.75, 3.05) is 13.7 Å². The summed E-state index contributed by atoms with van der Waals surface area (Å²) >= 11 is 0. The second kappa shape index (κ2) is 7.43. The molecule has 0 bridgehead atoms. The van der Waals surface area contributed by atoms with Crippen LogP contribution in [0.1, 0.15) is 33.6 Å². The summed E-state index contributed by atoms with van der Waals surface area (Å²) in [5.41, 5.74) is 0. The van der Waals surface area contributed by atoms with Crippen molar-refractivity contribution in [2.24, 2.45) is 0 Å². The zero-order valence-electron chi connectivity index (χ0n) is 12.8. The third-order valence-electron chi connectivity index (χ3n) is 3.79. The third-order valence-corrected chi connectivity index (χ3v) is 8.33. The maximum Gasteiger partial charge on any atom is 0.191 e. The minimum atomic E-state index is -1.69. The molecule has 0 aromatic rings. The summed E-state index contributed by atoms with van der Waals surface area (Å²) in [4.78, 5) is 0. The minimum absolute atomic E-state index is 0.0760. The molecule has 4 heteroatoms. The fourth-order valence-electron chi connectivity index (χ4n) is 1.34. The molecule has 18 heavy (non-hydrogen) atoms. The molecule has 0 aromatic carbocycles. The first-order valence-electron chi connectivity index (χ1n) is 6.61. The first kappa shape index (κ1) is 17.8. The van der Waals surface area contributed by atoms with Gasteiger partial charge in [-0.3, -0.25) is 0 Å². The van der Waals surface area contributed by atoms with Gasteiger partial charge in [0, 0.05) is 20.1 Å². The molecule has 1 N–H and O–H groups in total. The van der Waals surface area contributed by atoms with Crippen molar-refractivity contribution >= 4 is 8.32 Å². The topological polar surface area (TPSA) is 38.7 Å². The van der Waals surface area contributed by atoms with E-state index in [4.69, 9.17) is 9.16 Å². The number of rotatable bonds is 8. The molecule has 0 saturated carbocycles. The van der Waals surface area contributed by atoms with Gasteiger partial charge in [0.05, 0.1) is 12.2 Å². The fourth-order valence-corrected chi connectivity index (χ4v) is 2.40. The summed E-state index contributed by atoms with van der Waals surface area (Å²) in [6, 6.07) is 0. The largest absolute Gasteiger partial charge is 0.417 e. The lowest BCUT2D eigenvalue weighted by Crippen LogP contribution is -2.41. The van der Waals surface area contributed by atoms with Gasteiger partial charge >= 0.3 is 0 Å². The molecular weight excluding hydrogens is 244 g/mol. The van der Waals surface area contributed by atoms with E-state index >= 15 is 0 Å². The Hall–Kier alpha value is -0.163. The van der Waals surface area contributed by atoms with Crippen LogP contribution in [-0.2, 0) is 9.16 Å². The average Bonchev–Trinajstić information content (AvgIpc) is 2.24. The Morgan fingerprint density at radius 1 is 1.33 bits per heavy atom. The van der Waals surface area contributed by atoms with Crippen LogP contribution in [0.2, 0.25) is 18.1 Å². The molecule has 2 atom stereocenters. The van der Waals surface area contributed by atoms with E-state index in [0.29, 0.717) is 19.4 Å². The lowest BCUT2D eigenvalue weighted by Gasteiger charge is -2.36. The quantitative estimate of drug-likeness (QED) is 0.545. The normalized spacial score (nSPS) is 16.4. The molecule has 3 nitrogen and oxygen atoms in total. The minimum Gasteiger partial charge on any atom is -0.417 e. The standard InChI is InChI=1S/C14H30O3Si/c1-8-13(16-5)11-12(15)9-10-17-18(6,7)14(2,3)4/h8,12-13,15H,1,9-11H2,2-7H3/t12-,13+/m1/s1. The lowest BCUT2D eigenvalue weighted by molar-refractivity contribution is 0.0596. The van der Waals surface area contributed by atoms with Gasteiger partial charge < -0.3 is 14.3 Å². The first-order chi connectivity index (χ1) is 8.14. The summed E-state index contributed by atoms with van der Waals surface area (Å²) in [5, 5.41) is 10.1. The molecule has 0 spiro atoms. The predicted molar refractivity (Wildman–Crippen MR) is 79.4 cm³/mol. The predicted octanol–water partition coefficient (Wildman–Crippen LogP) is 3.35. The van der Waals surface area contributed by atoms with Gasteiger partial charge in [0.15, 0.2) is 8.32 Å². The van der Waals surface area contributed by atoms with Crippen LogP contribution in [0.5, 0.6) is 0 Å². The van der Waals surface area contributed by atoms with Gasteiger partial charge in [-0.1, -0.05) is 26.8 Å². The molecule has 0 aliphatic heterocycles. The number of hydrogen-bond acceptors (Lipinski definition) is 3. The van der Waals surface area contributed by atoms with Crippen LogP contribution in [0.3, 0.4) is 0 Å². The summed E-state index contributed by atoms with van der Waals surface area (Å²) < 4.78 is 11.2. The molecule has 0 aliphatic carbocycles. The molecule has 0 heterocycles. The molecule has 0 unspecified atom stereocenters. The Morgan fingerprint density at radius 2 is 1.89 bits per heavy atom. The van der Waals surface area contributed by atoms with Crippen LogP contribution in [0.4, 0.5) is 0 Å². The number of ether oxygens (including phenoxy) is 1. The molecule has 0 rings (SSSR count). The van der Waals surface area contributed by atoms with E-state index in [2.05, 4.69) is 40.4 Å². The van der Waals surface area contributed by atoms with E-state index in [1.165, 1.54) is 0 Å². The molecule has 0 saturated heterocycles. The van der Waals surface area contributed by atoms with Crippen LogP contribution < -0.4 is 0 Å². The molecule has 0 aromatic heterocycles. The van der Waals surface area contributed by atoms with E-state index in [0.717, 1.165) is 0 Å². The van der Waals surface area contributed by atoms with Crippen molar-refractivity contribution in [1.29, 1.82) is 0 Å². The monoisotopic (exact) mass is 274 g/mol. The van der Waals surface area contributed by atoms with Crippen LogP contribution in [-0.4, -0.2) is 39.3 Å². The van der Waals surface area contributed by atoms with E-state index in [-0.39, 0.29) is 11.1 Å². The second-order valence-corrected chi connectivity index (χ2v) is 11.1. The van der Waals surface area contributed by atoms with Gasteiger partial charge in [-0.05, 0) is 24.6 Å². The molecule has 0 aliphatic rings. The Balaban J connectivity index is 4.01. The van der Waals surface area contributed by atoms with E-state index in [1.807, 2.05) is 0 Å². The lowest BCUT2D eigenvalue weighted by atomic mass is 10.1. The van der Waals surface area contributed by atoms with Crippen molar-refractivity contribution in [3.8, 4) is 0 Å². The molecule has 0 amide bonds. The SMILES string of the molecule is C=C[C@@H](C[C@H](O)CCO[Si](C)(C)C(C)(C)C)OC. The highest BCUT2D eigenvalue weighted by molar-refractivity contribution is 6.74. The molecular formula is C14H30O3Si. The maximum atomic E-state index is 9.89. The Morgan fingerprint density at radius 3 is 2.28 bits per heavy atom. The molecule has 0 fully saturated rings. The van der Waals surface area contributed by atoms with Crippen molar-refractivity contribution < 1.29 is 14.3 Å². The Labute approximate surface area is 113 Å². The average molecular weight is 274 g/mol. The van der Waals surface area contributed by atoms with Crippen LogP contribution in [0, 0.1) is 0 Å². The van der Waals surface area contributed by atoms with Crippen molar-refractivity contribution in [3.05, 3.63) is 12.7 Å². The van der Waals surface area contributed by atoms with Gasteiger partial charge in [0.2, 0.25) is 0 Å². The van der Waals surface area contributed by atoms with Crippen LogP contribution in [0.25, 0.3) is 0 Å². The van der Waals surface area contributed by atoms with E-state index in [1.54, 1.807) is 13.2 Å². The number of hydrogen-bond donors (Lipinski definition) is 1. The highest BCUT2D eigenvalue weighted by Gasteiger charge is 2.36. The highest BCUT2D eigenvalue weighted by Crippen LogP contribution is 2.36. The maximum absolute atomic E-state index is 9.89. The van der Waals surface area contributed by atoms with Gasteiger partial charge in [0.1, 0.15) is 0 Å². The number of methoxy groups -OCH3 is 1. The van der Waals surface area contributed by atoms with Gasteiger partial charge in [-0.15, -0.1) is 6.58 Å². The Kier molecular flexibility index (Phi) is 7.36.